The van der Waals surface area contributed by atoms with Gasteiger partial charge in [-0.2, -0.15) is 4.98 Å². The first-order valence-corrected chi connectivity index (χ1v) is 11.3. The fraction of sp³-hybridized carbons (Fsp3) is 0.231. The third-order valence-corrected chi connectivity index (χ3v) is 5.81. The average Bonchev–Trinajstić information content (AvgIpc) is 3.38. The Balaban J connectivity index is 1.12. The number of methoxy groups -OCH3 is 1. The van der Waals surface area contributed by atoms with Gasteiger partial charge in [0.2, 0.25) is 11.7 Å². The second kappa shape index (κ2) is 10.4. The van der Waals surface area contributed by atoms with Crippen molar-refractivity contribution in [1.82, 2.24) is 24.9 Å². The maximum atomic E-state index is 12.9. The smallest absolute Gasteiger partial charge is 0.253 e. The highest BCUT2D eigenvalue weighted by Gasteiger charge is 2.23. The number of amides is 1. The molecule has 2 aromatic carbocycles. The molecule has 5 rings (SSSR count). The van der Waals surface area contributed by atoms with Crippen LogP contribution in [0.15, 0.2) is 77.6 Å². The molecule has 178 valence electrons. The van der Waals surface area contributed by atoms with E-state index in [0.29, 0.717) is 48.4 Å². The third-order valence-electron chi connectivity index (χ3n) is 5.81. The van der Waals surface area contributed by atoms with E-state index in [-0.39, 0.29) is 5.91 Å². The second-order valence-corrected chi connectivity index (χ2v) is 8.12. The van der Waals surface area contributed by atoms with E-state index in [0.717, 1.165) is 24.4 Å². The Hall–Kier alpha value is -4.24. The van der Waals surface area contributed by atoms with E-state index in [1.54, 1.807) is 43.8 Å². The Morgan fingerprint density at radius 1 is 0.943 bits per heavy atom. The number of carbonyl (C=O) groups excluding carboxylic acids is 1. The van der Waals surface area contributed by atoms with Crippen LogP contribution >= 0.6 is 0 Å². The van der Waals surface area contributed by atoms with Crippen molar-refractivity contribution in [3.05, 3.63) is 84.5 Å². The summed E-state index contributed by atoms with van der Waals surface area (Å²) in [6, 6.07) is 18.3. The largest absolute Gasteiger partial charge is 0.497 e. The van der Waals surface area contributed by atoms with E-state index in [2.05, 4.69) is 20.0 Å². The molecule has 9 nitrogen and oxygen atoms in total. The number of carbonyl (C=O) groups is 1. The first-order valence-electron chi connectivity index (χ1n) is 11.3. The molecule has 0 N–H and O–H groups in total. The topological polar surface area (TPSA) is 93.8 Å². The lowest BCUT2D eigenvalue weighted by molar-refractivity contribution is 0.0615. The van der Waals surface area contributed by atoms with Gasteiger partial charge in [-0.15, -0.1) is 0 Å². The van der Waals surface area contributed by atoms with E-state index >= 15 is 0 Å². The van der Waals surface area contributed by atoms with Gasteiger partial charge in [-0.3, -0.25) is 14.7 Å². The first-order chi connectivity index (χ1) is 17.2. The minimum atomic E-state index is 0.0113. The fourth-order valence-corrected chi connectivity index (χ4v) is 3.87. The quantitative estimate of drug-likeness (QED) is 0.401. The molecule has 0 bridgehead atoms. The maximum Gasteiger partial charge on any atom is 0.253 e. The van der Waals surface area contributed by atoms with Crippen LogP contribution in [0.5, 0.6) is 17.2 Å². The van der Waals surface area contributed by atoms with Crippen molar-refractivity contribution in [2.45, 2.75) is 6.54 Å². The Bertz CT molecular complexity index is 1250. The number of hydrogen-bond acceptors (Lipinski definition) is 8. The normalized spacial score (nSPS) is 14.0. The molecule has 1 amide bonds. The lowest BCUT2D eigenvalue weighted by Gasteiger charge is -2.34. The Morgan fingerprint density at radius 3 is 2.37 bits per heavy atom. The van der Waals surface area contributed by atoms with Gasteiger partial charge >= 0.3 is 0 Å². The van der Waals surface area contributed by atoms with Crippen molar-refractivity contribution >= 4 is 5.91 Å². The number of nitrogens with zero attached hydrogens (tertiary/aromatic N) is 5. The lowest BCUT2D eigenvalue weighted by Crippen LogP contribution is -2.48. The van der Waals surface area contributed by atoms with Crippen LogP contribution in [0, 0.1) is 0 Å². The lowest BCUT2D eigenvalue weighted by atomic mass is 10.1. The Kier molecular flexibility index (Phi) is 6.67. The molecule has 4 aromatic rings. The molecular formula is C26H25N5O4. The first kappa shape index (κ1) is 22.5. The number of rotatable bonds is 7. The molecule has 0 unspecified atom stereocenters. The van der Waals surface area contributed by atoms with Gasteiger partial charge in [0.05, 0.1) is 19.9 Å². The summed E-state index contributed by atoms with van der Waals surface area (Å²) in [5.74, 6) is 3.20. The highest BCUT2D eigenvalue weighted by atomic mass is 16.5. The van der Waals surface area contributed by atoms with Crippen molar-refractivity contribution in [2.75, 3.05) is 33.3 Å². The van der Waals surface area contributed by atoms with E-state index in [1.165, 1.54) is 0 Å². The number of ether oxygens (including phenoxy) is 2. The van der Waals surface area contributed by atoms with Crippen LogP contribution in [0.1, 0.15) is 16.2 Å². The summed E-state index contributed by atoms with van der Waals surface area (Å²) >= 11 is 0. The van der Waals surface area contributed by atoms with E-state index in [4.69, 9.17) is 14.0 Å². The molecule has 0 saturated carbocycles. The predicted octanol–water partition coefficient (Wildman–Crippen LogP) is 3.89. The number of pyridine rings is 1. The van der Waals surface area contributed by atoms with Gasteiger partial charge in [-0.1, -0.05) is 5.16 Å². The zero-order valence-electron chi connectivity index (χ0n) is 19.3. The van der Waals surface area contributed by atoms with Crippen LogP contribution in [0.4, 0.5) is 0 Å². The molecule has 1 aliphatic heterocycles. The van der Waals surface area contributed by atoms with Crippen LogP contribution in [0.3, 0.4) is 0 Å². The monoisotopic (exact) mass is 471 g/mol. The highest BCUT2D eigenvalue weighted by Crippen LogP contribution is 2.22. The summed E-state index contributed by atoms with van der Waals surface area (Å²) in [6.07, 6.45) is 3.34. The van der Waals surface area contributed by atoms with E-state index in [9.17, 15) is 4.79 Å². The number of hydrogen-bond donors (Lipinski definition) is 0. The van der Waals surface area contributed by atoms with Crippen LogP contribution in [0.25, 0.3) is 11.4 Å². The molecule has 1 saturated heterocycles. The molecule has 35 heavy (non-hydrogen) atoms. The summed E-state index contributed by atoms with van der Waals surface area (Å²) < 4.78 is 16.4. The summed E-state index contributed by atoms with van der Waals surface area (Å²) in [5.41, 5.74) is 1.51. The van der Waals surface area contributed by atoms with Crippen molar-refractivity contribution < 1.29 is 18.8 Å². The van der Waals surface area contributed by atoms with Crippen LogP contribution in [-0.2, 0) is 6.54 Å². The molecule has 0 radical (unpaired) electrons. The van der Waals surface area contributed by atoms with E-state index < -0.39 is 0 Å². The maximum absolute atomic E-state index is 12.9. The molecule has 1 aliphatic rings. The predicted molar refractivity (Wildman–Crippen MR) is 128 cm³/mol. The molecule has 0 atom stereocenters. The van der Waals surface area contributed by atoms with Crippen molar-refractivity contribution in [3.8, 4) is 28.6 Å². The van der Waals surface area contributed by atoms with E-state index in [1.807, 2.05) is 41.3 Å². The SMILES string of the molecule is COc1ccc(-c2noc(CN3CCN(C(=O)c4ccc(Oc5cccnc5)cc4)CC3)n2)cc1. The zero-order valence-corrected chi connectivity index (χ0v) is 19.3. The van der Waals surface area contributed by atoms with Gasteiger partial charge in [-0.05, 0) is 60.7 Å². The van der Waals surface area contributed by atoms with Crippen molar-refractivity contribution in [1.29, 1.82) is 0 Å². The minimum absolute atomic E-state index is 0.0113. The molecule has 2 aromatic heterocycles. The van der Waals surface area contributed by atoms with Gasteiger partial charge in [0.25, 0.3) is 5.91 Å². The van der Waals surface area contributed by atoms with Crippen molar-refractivity contribution in [2.24, 2.45) is 0 Å². The van der Waals surface area contributed by atoms with Gasteiger partial charge in [0, 0.05) is 43.5 Å². The second-order valence-electron chi connectivity index (χ2n) is 8.12. The minimum Gasteiger partial charge on any atom is -0.497 e. The third kappa shape index (κ3) is 5.47. The molecule has 0 aliphatic carbocycles. The van der Waals surface area contributed by atoms with Gasteiger partial charge in [0.15, 0.2) is 0 Å². The standard InChI is InChI=1S/C26H25N5O4/c1-33-21-8-4-19(5-9-21)25-28-24(35-29-25)18-30-13-15-31(16-14-30)26(32)20-6-10-22(11-7-20)34-23-3-2-12-27-17-23/h2-12,17H,13-16,18H2,1H3. The zero-order chi connectivity index (χ0) is 24.0. The molecule has 1 fully saturated rings. The highest BCUT2D eigenvalue weighted by molar-refractivity contribution is 5.94. The van der Waals surface area contributed by atoms with Crippen molar-refractivity contribution in [3.63, 3.8) is 0 Å². The Morgan fingerprint density at radius 2 is 1.69 bits per heavy atom. The van der Waals surface area contributed by atoms with Crippen LogP contribution < -0.4 is 9.47 Å². The summed E-state index contributed by atoms with van der Waals surface area (Å²) in [5, 5.41) is 4.09. The average molecular weight is 472 g/mol. The number of benzene rings is 2. The Labute approximate surface area is 202 Å². The number of aromatic nitrogens is 3. The van der Waals surface area contributed by atoms with Gasteiger partial charge < -0.3 is 18.9 Å². The molecule has 3 heterocycles. The summed E-state index contributed by atoms with van der Waals surface area (Å²) in [7, 11) is 1.63. The van der Waals surface area contributed by atoms with Crippen LogP contribution in [0.2, 0.25) is 0 Å². The molecule has 0 spiro atoms. The number of piperazine rings is 1. The summed E-state index contributed by atoms with van der Waals surface area (Å²) in [4.78, 5) is 25.6. The summed E-state index contributed by atoms with van der Waals surface area (Å²) in [6.45, 7) is 3.27. The molecular weight excluding hydrogens is 446 g/mol. The molecule has 9 heteroatoms. The fourth-order valence-electron chi connectivity index (χ4n) is 3.87. The van der Waals surface area contributed by atoms with Gasteiger partial charge in [-0.25, -0.2) is 0 Å². The van der Waals surface area contributed by atoms with Crippen LogP contribution in [-0.4, -0.2) is 64.1 Å². The van der Waals surface area contributed by atoms with Gasteiger partial charge in [0.1, 0.15) is 17.2 Å².